The van der Waals surface area contributed by atoms with Crippen LogP contribution < -0.4 is 0 Å². The number of hydrogen-bond donors (Lipinski definition) is 1. The van der Waals surface area contributed by atoms with E-state index in [9.17, 15) is 9.32 Å². The molecule has 0 amide bonds. The minimum Gasteiger partial charge on any atom is -0.392 e. The Morgan fingerprint density at radius 3 is 2.59 bits per heavy atom. The van der Waals surface area contributed by atoms with Gasteiger partial charge in [-0.15, -0.1) is 0 Å². The van der Waals surface area contributed by atoms with Gasteiger partial charge in [-0.25, -0.2) is 0 Å². The van der Waals surface area contributed by atoms with Crippen molar-refractivity contribution in [3.8, 4) is 0 Å². The van der Waals surface area contributed by atoms with Crippen molar-refractivity contribution >= 4 is 10.8 Å². The molecule has 0 aromatic heterocycles. The predicted molar refractivity (Wildman–Crippen MR) is 70.3 cm³/mol. The van der Waals surface area contributed by atoms with Crippen LogP contribution in [0.25, 0.3) is 0 Å². The minimum absolute atomic E-state index is 0.124. The van der Waals surface area contributed by atoms with Crippen molar-refractivity contribution in [1.82, 2.24) is 0 Å². The number of rotatable bonds is 2. The van der Waals surface area contributed by atoms with Crippen LogP contribution in [-0.2, 0) is 10.8 Å². The smallest absolute Gasteiger partial charge is 0.0687 e. The Kier molecular flexibility index (Phi) is 3.69. The zero-order valence-electron chi connectivity index (χ0n) is 10.4. The van der Waals surface area contributed by atoms with E-state index in [1.54, 1.807) is 0 Å². The molecule has 0 radical (unpaired) electrons. The largest absolute Gasteiger partial charge is 0.392 e. The molecule has 1 fully saturated rings. The summed E-state index contributed by atoms with van der Waals surface area (Å²) < 4.78 is 12.4. The summed E-state index contributed by atoms with van der Waals surface area (Å²) in [6, 6.07) is 9.47. The average Bonchev–Trinajstić information content (AvgIpc) is 2.33. The molecule has 2 nitrogen and oxygen atoms in total. The third-order valence-corrected chi connectivity index (χ3v) is 5.32. The van der Waals surface area contributed by atoms with Gasteiger partial charge in [0.05, 0.1) is 22.2 Å². The molecule has 3 atom stereocenters. The van der Waals surface area contributed by atoms with Crippen LogP contribution in [0, 0.1) is 5.41 Å². The highest BCUT2D eigenvalue weighted by molar-refractivity contribution is 7.85. The average molecular weight is 252 g/mol. The number of aliphatic hydroxyl groups excluding tert-OH is 1. The van der Waals surface area contributed by atoms with Crippen LogP contribution >= 0.6 is 0 Å². The topological polar surface area (TPSA) is 37.3 Å². The van der Waals surface area contributed by atoms with E-state index in [1.807, 2.05) is 30.3 Å². The standard InChI is InChI=1S/C14H20O2S/c1-14(2)9-8-12(15)13(10-14)17(16)11-6-4-3-5-7-11/h3-7,12-13,15H,8-10H2,1-2H3/t12-,13-,17?/m0/s1. The Morgan fingerprint density at radius 2 is 1.94 bits per heavy atom. The van der Waals surface area contributed by atoms with E-state index in [4.69, 9.17) is 0 Å². The molecule has 2 rings (SSSR count). The summed E-state index contributed by atoms with van der Waals surface area (Å²) in [6.07, 6.45) is 2.17. The van der Waals surface area contributed by atoms with Crippen LogP contribution in [0.15, 0.2) is 35.2 Å². The molecule has 3 heteroatoms. The summed E-state index contributed by atoms with van der Waals surface area (Å²) in [5.74, 6) is 0. The fraction of sp³-hybridized carbons (Fsp3) is 0.571. The summed E-state index contributed by atoms with van der Waals surface area (Å²) in [5.41, 5.74) is 0.189. The van der Waals surface area contributed by atoms with Crippen molar-refractivity contribution in [2.75, 3.05) is 0 Å². The van der Waals surface area contributed by atoms with Crippen molar-refractivity contribution in [2.45, 2.75) is 49.4 Å². The summed E-state index contributed by atoms with van der Waals surface area (Å²) in [7, 11) is -1.10. The van der Waals surface area contributed by atoms with Gasteiger partial charge in [0.2, 0.25) is 0 Å². The number of hydrogen-bond acceptors (Lipinski definition) is 2. The van der Waals surface area contributed by atoms with Crippen LogP contribution in [0.5, 0.6) is 0 Å². The van der Waals surface area contributed by atoms with Gasteiger partial charge < -0.3 is 5.11 Å². The van der Waals surface area contributed by atoms with Gasteiger partial charge in [0, 0.05) is 4.90 Å². The van der Waals surface area contributed by atoms with Crippen LogP contribution in [0.2, 0.25) is 0 Å². The van der Waals surface area contributed by atoms with Crippen molar-refractivity contribution in [1.29, 1.82) is 0 Å². The molecular weight excluding hydrogens is 232 g/mol. The zero-order chi connectivity index (χ0) is 12.5. The van der Waals surface area contributed by atoms with Gasteiger partial charge in [0.15, 0.2) is 0 Å². The number of benzene rings is 1. The molecule has 0 heterocycles. The lowest BCUT2D eigenvalue weighted by molar-refractivity contribution is 0.0852. The lowest BCUT2D eigenvalue weighted by Gasteiger charge is -2.37. The van der Waals surface area contributed by atoms with Gasteiger partial charge in [-0.2, -0.15) is 0 Å². The summed E-state index contributed by atoms with van der Waals surface area (Å²) in [6.45, 7) is 4.38. The van der Waals surface area contributed by atoms with Crippen LogP contribution in [-0.4, -0.2) is 20.7 Å². The molecule has 1 N–H and O–H groups in total. The first-order chi connectivity index (χ1) is 7.99. The quantitative estimate of drug-likeness (QED) is 0.878. The molecular formula is C14H20O2S. The molecule has 1 unspecified atom stereocenters. The molecule has 94 valence electrons. The summed E-state index contributed by atoms with van der Waals surface area (Å²) in [4.78, 5) is 0.828. The van der Waals surface area contributed by atoms with Crippen molar-refractivity contribution in [3.63, 3.8) is 0 Å². The molecule has 0 saturated heterocycles. The zero-order valence-corrected chi connectivity index (χ0v) is 11.2. The van der Waals surface area contributed by atoms with E-state index >= 15 is 0 Å². The summed E-state index contributed by atoms with van der Waals surface area (Å²) >= 11 is 0. The highest BCUT2D eigenvalue weighted by Gasteiger charge is 2.37. The first-order valence-electron chi connectivity index (χ1n) is 6.13. The Bertz CT molecular complexity index is 400. The fourth-order valence-electron chi connectivity index (χ4n) is 2.46. The first kappa shape index (κ1) is 12.8. The first-order valence-corrected chi connectivity index (χ1v) is 7.35. The lowest BCUT2D eigenvalue weighted by atomic mass is 9.76. The van der Waals surface area contributed by atoms with Gasteiger partial charge >= 0.3 is 0 Å². The van der Waals surface area contributed by atoms with E-state index in [2.05, 4.69) is 13.8 Å². The second kappa shape index (κ2) is 4.91. The molecule has 0 bridgehead atoms. The van der Waals surface area contributed by atoms with Crippen molar-refractivity contribution < 1.29 is 9.32 Å². The van der Waals surface area contributed by atoms with E-state index in [-0.39, 0.29) is 10.7 Å². The monoisotopic (exact) mass is 252 g/mol. The van der Waals surface area contributed by atoms with Crippen LogP contribution in [0.3, 0.4) is 0 Å². The van der Waals surface area contributed by atoms with E-state index < -0.39 is 16.9 Å². The SMILES string of the molecule is CC1(C)CC[C@H](O)[C@@H](S(=O)c2ccccc2)C1. The Hall–Kier alpha value is -0.670. The van der Waals surface area contributed by atoms with Crippen LogP contribution in [0.4, 0.5) is 0 Å². The van der Waals surface area contributed by atoms with Crippen LogP contribution in [0.1, 0.15) is 33.1 Å². The Labute approximate surface area is 106 Å². The third-order valence-electron chi connectivity index (χ3n) is 3.55. The second-order valence-corrected chi connectivity index (χ2v) is 7.29. The maximum Gasteiger partial charge on any atom is 0.0687 e. The molecule has 1 aliphatic carbocycles. The second-order valence-electron chi connectivity index (χ2n) is 5.62. The Balaban J connectivity index is 2.18. The third kappa shape index (κ3) is 2.96. The lowest BCUT2D eigenvalue weighted by Crippen LogP contribution is -2.40. The Morgan fingerprint density at radius 1 is 1.29 bits per heavy atom. The molecule has 1 aliphatic rings. The maximum atomic E-state index is 12.4. The molecule has 1 aromatic carbocycles. The molecule has 17 heavy (non-hydrogen) atoms. The van der Waals surface area contributed by atoms with Crippen molar-refractivity contribution in [2.24, 2.45) is 5.41 Å². The maximum absolute atomic E-state index is 12.4. The van der Waals surface area contributed by atoms with Gasteiger partial charge in [0.25, 0.3) is 0 Å². The molecule has 1 saturated carbocycles. The molecule has 0 aliphatic heterocycles. The predicted octanol–water partition coefficient (Wildman–Crippen LogP) is 2.73. The van der Waals surface area contributed by atoms with Gasteiger partial charge in [-0.05, 0) is 36.8 Å². The van der Waals surface area contributed by atoms with Gasteiger partial charge in [-0.3, -0.25) is 4.21 Å². The summed E-state index contributed by atoms with van der Waals surface area (Å²) in [5, 5.41) is 9.92. The van der Waals surface area contributed by atoms with E-state index in [0.717, 1.165) is 24.2 Å². The van der Waals surface area contributed by atoms with Gasteiger partial charge in [0.1, 0.15) is 0 Å². The normalized spacial score (nSPS) is 29.8. The molecule has 1 aromatic rings. The number of aliphatic hydroxyl groups is 1. The van der Waals surface area contributed by atoms with Crippen molar-refractivity contribution in [3.05, 3.63) is 30.3 Å². The fourth-order valence-corrected chi connectivity index (χ4v) is 4.25. The highest BCUT2D eigenvalue weighted by atomic mass is 32.2. The highest BCUT2D eigenvalue weighted by Crippen LogP contribution is 2.38. The van der Waals surface area contributed by atoms with E-state index in [1.165, 1.54) is 0 Å². The van der Waals surface area contributed by atoms with Gasteiger partial charge in [-0.1, -0.05) is 32.0 Å². The van der Waals surface area contributed by atoms with E-state index in [0.29, 0.717) is 0 Å². The minimum atomic E-state index is -1.10. The molecule has 0 spiro atoms.